The Hall–Kier alpha value is -3.52. The number of hydrogen-bond acceptors (Lipinski definition) is 5. The van der Waals surface area contributed by atoms with Crippen molar-refractivity contribution in [1.29, 1.82) is 0 Å². The van der Waals surface area contributed by atoms with Crippen molar-refractivity contribution in [2.45, 2.75) is 46.0 Å². The number of rotatable bonds is 6. The van der Waals surface area contributed by atoms with Crippen molar-refractivity contribution in [3.8, 4) is 5.69 Å². The van der Waals surface area contributed by atoms with Gasteiger partial charge in [-0.05, 0) is 56.2 Å². The summed E-state index contributed by atoms with van der Waals surface area (Å²) in [5.74, 6) is 1.43. The molecule has 0 N–H and O–H groups in total. The van der Waals surface area contributed by atoms with Crippen molar-refractivity contribution in [2.24, 2.45) is 0 Å². The van der Waals surface area contributed by atoms with Crippen molar-refractivity contribution < 1.29 is 9.18 Å². The van der Waals surface area contributed by atoms with E-state index in [0.29, 0.717) is 35.9 Å². The van der Waals surface area contributed by atoms with E-state index in [9.17, 15) is 9.18 Å². The molecule has 1 aliphatic heterocycles. The molecule has 198 valence electrons. The van der Waals surface area contributed by atoms with Gasteiger partial charge in [0.05, 0.1) is 27.4 Å². The van der Waals surface area contributed by atoms with Gasteiger partial charge >= 0.3 is 0 Å². The summed E-state index contributed by atoms with van der Waals surface area (Å²) in [7, 11) is 0. The monoisotopic (exact) mass is 534 g/mol. The van der Waals surface area contributed by atoms with Crippen molar-refractivity contribution in [3.05, 3.63) is 76.5 Å². The highest BCUT2D eigenvalue weighted by atomic mass is 35.5. The molecule has 5 rings (SSSR count). The molecule has 9 heteroatoms. The number of fused-ring (bicyclic) bond motifs is 1. The van der Waals surface area contributed by atoms with Crippen molar-refractivity contribution in [1.82, 2.24) is 24.6 Å². The van der Waals surface area contributed by atoms with Crippen LogP contribution in [0.3, 0.4) is 0 Å². The Morgan fingerprint density at radius 2 is 1.82 bits per heavy atom. The van der Waals surface area contributed by atoms with Gasteiger partial charge in [0.2, 0.25) is 0 Å². The maximum Gasteiger partial charge on any atom is 0.255 e. The number of aromatic nitrogens is 4. The van der Waals surface area contributed by atoms with Gasteiger partial charge in [-0.2, -0.15) is 5.10 Å². The van der Waals surface area contributed by atoms with Crippen LogP contribution in [0.15, 0.2) is 48.5 Å². The summed E-state index contributed by atoms with van der Waals surface area (Å²) in [5.41, 5.74) is 2.79. The molecule has 4 aromatic rings. The van der Waals surface area contributed by atoms with E-state index in [1.807, 2.05) is 24.0 Å². The lowest BCUT2D eigenvalue weighted by atomic mass is 10.1. The second kappa shape index (κ2) is 11.1. The van der Waals surface area contributed by atoms with E-state index in [0.717, 1.165) is 54.2 Å². The number of aryl methyl sites for hydroxylation is 1. The first-order chi connectivity index (χ1) is 18.4. The normalized spacial score (nSPS) is 15.1. The van der Waals surface area contributed by atoms with Crippen LogP contribution >= 0.6 is 11.6 Å². The molecule has 0 spiro atoms. The summed E-state index contributed by atoms with van der Waals surface area (Å²) in [6, 6.07) is 13.5. The van der Waals surface area contributed by atoms with E-state index in [-0.39, 0.29) is 17.6 Å². The van der Waals surface area contributed by atoms with E-state index < -0.39 is 0 Å². The highest BCUT2D eigenvalue weighted by molar-refractivity contribution is 6.33. The number of halogens is 2. The fourth-order valence-corrected chi connectivity index (χ4v) is 5.31. The van der Waals surface area contributed by atoms with Crippen molar-refractivity contribution in [3.63, 3.8) is 0 Å². The Morgan fingerprint density at radius 1 is 1.05 bits per heavy atom. The van der Waals surface area contributed by atoms with E-state index in [1.54, 1.807) is 28.9 Å². The second-order valence-electron chi connectivity index (χ2n) is 9.88. The molecule has 1 aliphatic rings. The van der Waals surface area contributed by atoms with Gasteiger partial charge in [0.1, 0.15) is 17.5 Å². The molecule has 2 aromatic carbocycles. The molecule has 7 nitrogen and oxygen atoms in total. The number of benzene rings is 2. The molecule has 0 unspecified atom stereocenters. The predicted octanol–water partition coefficient (Wildman–Crippen LogP) is 6.17. The number of carbonyl (C=O) groups is 1. The molecule has 0 aliphatic carbocycles. The van der Waals surface area contributed by atoms with Crippen LogP contribution in [0.5, 0.6) is 0 Å². The number of anilines is 1. The van der Waals surface area contributed by atoms with Crippen LogP contribution in [0.2, 0.25) is 5.02 Å². The van der Waals surface area contributed by atoms with E-state index in [4.69, 9.17) is 26.7 Å². The molecular formula is C29H32ClFN6O. The fraction of sp³-hybridized carbons (Fsp3) is 0.379. The molecule has 1 saturated heterocycles. The summed E-state index contributed by atoms with van der Waals surface area (Å²) in [6.45, 7) is 8.83. The van der Waals surface area contributed by atoms with Crippen LogP contribution in [0.25, 0.3) is 16.7 Å². The van der Waals surface area contributed by atoms with Crippen molar-refractivity contribution in [2.75, 3.05) is 31.1 Å². The smallest absolute Gasteiger partial charge is 0.255 e. The van der Waals surface area contributed by atoms with Gasteiger partial charge in [-0.15, -0.1) is 0 Å². The maximum absolute atomic E-state index is 13.6. The number of amides is 1. The van der Waals surface area contributed by atoms with Gasteiger partial charge in [-0.1, -0.05) is 44.0 Å². The van der Waals surface area contributed by atoms with Gasteiger partial charge in [0, 0.05) is 32.1 Å². The molecule has 0 saturated carbocycles. The maximum atomic E-state index is 13.6. The van der Waals surface area contributed by atoms with Crippen LogP contribution in [0.4, 0.5) is 10.2 Å². The minimum Gasteiger partial charge on any atom is -0.354 e. The van der Waals surface area contributed by atoms with Gasteiger partial charge in [-0.25, -0.2) is 19.0 Å². The van der Waals surface area contributed by atoms with Crippen molar-refractivity contribution >= 4 is 34.4 Å². The second-order valence-corrected chi connectivity index (χ2v) is 10.3. The summed E-state index contributed by atoms with van der Waals surface area (Å²) in [5, 5.41) is 6.14. The Bertz CT molecular complexity index is 1450. The quantitative estimate of drug-likeness (QED) is 0.296. The zero-order valence-corrected chi connectivity index (χ0v) is 22.7. The van der Waals surface area contributed by atoms with E-state index in [1.165, 1.54) is 12.1 Å². The van der Waals surface area contributed by atoms with E-state index in [2.05, 4.69) is 18.7 Å². The van der Waals surface area contributed by atoms with Gasteiger partial charge in [-0.3, -0.25) is 4.79 Å². The first-order valence-corrected chi connectivity index (χ1v) is 13.6. The molecular weight excluding hydrogens is 503 g/mol. The minimum atomic E-state index is -0.296. The molecule has 0 bridgehead atoms. The molecule has 1 fully saturated rings. The zero-order valence-electron chi connectivity index (χ0n) is 22.0. The zero-order chi connectivity index (χ0) is 26.8. The molecule has 1 amide bonds. The van der Waals surface area contributed by atoms with Crippen LogP contribution in [-0.2, 0) is 0 Å². The standard InChI is InChI=1S/C29H32ClFN6O/c1-4-8-19(2)26-32-27(25-20(3)34-37(28(25)33-26)22-13-11-21(31)12-14-22)35-15-7-16-36(18-17-35)29(38)23-9-5-6-10-24(23)30/h5-6,9-14,19H,4,7-8,15-18H2,1-3H3/t19-/m1/s1. The number of carbonyl (C=O) groups excluding carboxylic acids is 1. The minimum absolute atomic E-state index is 0.0529. The van der Waals surface area contributed by atoms with Crippen LogP contribution < -0.4 is 4.90 Å². The Labute approximate surface area is 227 Å². The lowest BCUT2D eigenvalue weighted by Crippen LogP contribution is -2.35. The van der Waals surface area contributed by atoms with Crippen LogP contribution in [0.1, 0.15) is 60.9 Å². The molecule has 3 heterocycles. The molecule has 2 aromatic heterocycles. The number of hydrogen-bond donors (Lipinski definition) is 0. The molecule has 38 heavy (non-hydrogen) atoms. The van der Waals surface area contributed by atoms with Crippen LogP contribution in [0, 0.1) is 12.7 Å². The average molecular weight is 535 g/mol. The fourth-order valence-electron chi connectivity index (χ4n) is 5.09. The van der Waals surface area contributed by atoms with Gasteiger partial charge < -0.3 is 9.80 Å². The third-order valence-corrected chi connectivity index (χ3v) is 7.45. The van der Waals surface area contributed by atoms with Gasteiger partial charge in [0.15, 0.2) is 5.65 Å². The summed E-state index contributed by atoms with van der Waals surface area (Å²) in [6.07, 6.45) is 2.79. The largest absolute Gasteiger partial charge is 0.354 e. The summed E-state index contributed by atoms with van der Waals surface area (Å²) < 4.78 is 15.4. The summed E-state index contributed by atoms with van der Waals surface area (Å²) >= 11 is 6.32. The lowest BCUT2D eigenvalue weighted by molar-refractivity contribution is 0.0767. The lowest BCUT2D eigenvalue weighted by Gasteiger charge is -2.25. The first-order valence-electron chi connectivity index (χ1n) is 13.2. The predicted molar refractivity (Wildman–Crippen MR) is 149 cm³/mol. The average Bonchev–Trinajstić information content (AvgIpc) is 3.08. The molecule has 1 atom stereocenters. The summed E-state index contributed by atoms with van der Waals surface area (Å²) in [4.78, 5) is 27.4. The van der Waals surface area contributed by atoms with E-state index >= 15 is 0 Å². The first kappa shape index (κ1) is 26.1. The van der Waals surface area contributed by atoms with Gasteiger partial charge in [0.25, 0.3) is 5.91 Å². The Morgan fingerprint density at radius 3 is 2.55 bits per heavy atom. The Balaban J connectivity index is 1.53. The Kier molecular flexibility index (Phi) is 7.61. The third-order valence-electron chi connectivity index (χ3n) is 7.12. The molecule has 0 radical (unpaired) electrons. The highest BCUT2D eigenvalue weighted by Gasteiger charge is 2.27. The highest BCUT2D eigenvalue weighted by Crippen LogP contribution is 2.32. The van der Waals surface area contributed by atoms with Crippen LogP contribution in [-0.4, -0.2) is 56.7 Å². The SMILES string of the molecule is CCC[C@@H](C)c1nc(N2CCCN(C(=O)c3ccccc3Cl)CC2)c2c(C)nn(-c3ccc(F)cc3)c2n1. The topological polar surface area (TPSA) is 67.2 Å². The third kappa shape index (κ3) is 5.10. The number of nitrogens with zero attached hydrogens (tertiary/aromatic N) is 6.